The predicted molar refractivity (Wildman–Crippen MR) is 90.1 cm³/mol. The lowest BCUT2D eigenvalue weighted by molar-refractivity contribution is 0.0916. The Balaban J connectivity index is 1.37. The van der Waals surface area contributed by atoms with Gasteiger partial charge in [0.05, 0.1) is 6.04 Å². The molecule has 0 unspecified atom stereocenters. The molecule has 1 aliphatic carbocycles. The number of nitrogens with one attached hydrogen (secondary N) is 1. The van der Waals surface area contributed by atoms with Crippen LogP contribution in [0.25, 0.3) is 5.82 Å². The van der Waals surface area contributed by atoms with Gasteiger partial charge in [-0.3, -0.25) is 14.0 Å². The van der Waals surface area contributed by atoms with Crippen molar-refractivity contribution in [3.05, 3.63) is 55.0 Å². The summed E-state index contributed by atoms with van der Waals surface area (Å²) >= 11 is 0. The number of rotatable bonds is 4. The molecular formula is C17H19N7O. The first-order valence-electron chi connectivity index (χ1n) is 8.41. The van der Waals surface area contributed by atoms with Gasteiger partial charge in [-0.1, -0.05) is 6.07 Å². The van der Waals surface area contributed by atoms with E-state index in [1.54, 1.807) is 23.3 Å². The summed E-state index contributed by atoms with van der Waals surface area (Å²) in [7, 11) is 0. The SMILES string of the molecule is O=C(NC1CCC(n2cccn2)CC1)c1cccc(-n2cnnc2)n1. The van der Waals surface area contributed by atoms with Gasteiger partial charge in [-0.2, -0.15) is 5.10 Å². The van der Waals surface area contributed by atoms with Gasteiger partial charge in [-0.05, 0) is 43.9 Å². The Labute approximate surface area is 144 Å². The lowest BCUT2D eigenvalue weighted by Gasteiger charge is -2.29. The Morgan fingerprint density at radius 1 is 1.08 bits per heavy atom. The number of carbonyl (C=O) groups excluding carboxylic acids is 1. The fourth-order valence-corrected chi connectivity index (χ4v) is 3.25. The van der Waals surface area contributed by atoms with Gasteiger partial charge in [-0.15, -0.1) is 10.2 Å². The standard InChI is InChI=1S/C17H19N7O/c25-17(15-3-1-4-16(22-15)23-11-18-19-12-23)21-13-5-7-14(8-6-13)24-10-2-9-20-24/h1-4,9-14H,5-8H2,(H,21,25). The molecular weight excluding hydrogens is 318 g/mol. The van der Waals surface area contributed by atoms with Crippen molar-refractivity contribution in [2.75, 3.05) is 0 Å². The van der Waals surface area contributed by atoms with Gasteiger partial charge in [0.1, 0.15) is 24.2 Å². The van der Waals surface area contributed by atoms with Crippen LogP contribution < -0.4 is 5.32 Å². The second kappa shape index (κ2) is 6.84. The molecule has 1 saturated carbocycles. The van der Waals surface area contributed by atoms with E-state index in [1.807, 2.05) is 35.3 Å². The second-order valence-corrected chi connectivity index (χ2v) is 6.22. The fourth-order valence-electron chi connectivity index (χ4n) is 3.25. The van der Waals surface area contributed by atoms with E-state index in [2.05, 4.69) is 25.6 Å². The Morgan fingerprint density at radius 3 is 2.60 bits per heavy atom. The average Bonchev–Trinajstić information content (AvgIpc) is 3.36. The largest absolute Gasteiger partial charge is 0.348 e. The highest BCUT2D eigenvalue weighted by Crippen LogP contribution is 2.27. The normalized spacial score (nSPS) is 20.3. The van der Waals surface area contributed by atoms with Crippen LogP contribution in [0.5, 0.6) is 0 Å². The molecule has 0 aromatic carbocycles. The van der Waals surface area contributed by atoms with E-state index in [1.165, 1.54) is 0 Å². The van der Waals surface area contributed by atoms with Crippen LogP contribution in [0.1, 0.15) is 42.2 Å². The molecule has 3 aromatic rings. The summed E-state index contributed by atoms with van der Waals surface area (Å²) in [6.07, 6.45) is 10.8. The van der Waals surface area contributed by atoms with Crippen molar-refractivity contribution in [3.8, 4) is 5.82 Å². The van der Waals surface area contributed by atoms with E-state index >= 15 is 0 Å². The van der Waals surface area contributed by atoms with E-state index in [0.717, 1.165) is 25.7 Å². The molecule has 0 bridgehead atoms. The summed E-state index contributed by atoms with van der Waals surface area (Å²) in [4.78, 5) is 16.9. The van der Waals surface area contributed by atoms with Gasteiger partial charge in [0, 0.05) is 18.4 Å². The predicted octanol–water partition coefficient (Wildman–Crippen LogP) is 1.77. The molecule has 3 heterocycles. The maximum absolute atomic E-state index is 12.5. The summed E-state index contributed by atoms with van der Waals surface area (Å²) in [5.74, 6) is 0.484. The number of hydrogen-bond acceptors (Lipinski definition) is 5. The first-order valence-corrected chi connectivity index (χ1v) is 8.41. The molecule has 0 spiro atoms. The van der Waals surface area contributed by atoms with Crippen molar-refractivity contribution in [1.29, 1.82) is 0 Å². The van der Waals surface area contributed by atoms with Crippen LogP contribution in [0.3, 0.4) is 0 Å². The molecule has 0 radical (unpaired) electrons. The minimum Gasteiger partial charge on any atom is -0.348 e. The molecule has 1 aliphatic rings. The summed E-state index contributed by atoms with van der Waals surface area (Å²) < 4.78 is 3.69. The fraction of sp³-hybridized carbons (Fsp3) is 0.353. The number of hydrogen-bond donors (Lipinski definition) is 1. The minimum atomic E-state index is -0.141. The highest BCUT2D eigenvalue weighted by Gasteiger charge is 2.24. The lowest BCUT2D eigenvalue weighted by Crippen LogP contribution is -2.38. The summed E-state index contributed by atoms with van der Waals surface area (Å²) in [6.45, 7) is 0. The summed E-state index contributed by atoms with van der Waals surface area (Å²) in [5.41, 5.74) is 0.403. The number of nitrogens with zero attached hydrogens (tertiary/aromatic N) is 6. The third-order valence-corrected chi connectivity index (χ3v) is 4.58. The van der Waals surface area contributed by atoms with Crippen LogP contribution in [0, 0.1) is 0 Å². The average molecular weight is 337 g/mol. The van der Waals surface area contributed by atoms with Gasteiger partial charge in [0.15, 0.2) is 0 Å². The van der Waals surface area contributed by atoms with Gasteiger partial charge in [0.2, 0.25) is 0 Å². The Hall–Kier alpha value is -3.03. The minimum absolute atomic E-state index is 0.141. The first kappa shape index (κ1) is 15.5. The van der Waals surface area contributed by atoms with Crippen molar-refractivity contribution >= 4 is 5.91 Å². The van der Waals surface area contributed by atoms with Gasteiger partial charge in [-0.25, -0.2) is 4.98 Å². The van der Waals surface area contributed by atoms with Crippen molar-refractivity contribution in [3.63, 3.8) is 0 Å². The molecule has 1 amide bonds. The summed E-state index contributed by atoms with van der Waals surface area (Å²) in [5, 5.41) is 14.9. The molecule has 1 fully saturated rings. The lowest BCUT2D eigenvalue weighted by atomic mass is 9.91. The van der Waals surface area contributed by atoms with Crippen LogP contribution in [-0.4, -0.2) is 41.5 Å². The van der Waals surface area contributed by atoms with Crippen LogP contribution in [0.15, 0.2) is 49.3 Å². The second-order valence-electron chi connectivity index (χ2n) is 6.22. The molecule has 25 heavy (non-hydrogen) atoms. The molecule has 1 N–H and O–H groups in total. The Morgan fingerprint density at radius 2 is 1.88 bits per heavy atom. The van der Waals surface area contributed by atoms with Crippen molar-refractivity contribution < 1.29 is 4.79 Å². The molecule has 3 aromatic heterocycles. The molecule has 8 nitrogen and oxygen atoms in total. The molecule has 0 aliphatic heterocycles. The van der Waals surface area contributed by atoms with E-state index in [-0.39, 0.29) is 11.9 Å². The zero-order chi connectivity index (χ0) is 17.1. The van der Waals surface area contributed by atoms with Crippen molar-refractivity contribution in [2.45, 2.75) is 37.8 Å². The van der Waals surface area contributed by atoms with Gasteiger partial charge < -0.3 is 5.32 Å². The maximum atomic E-state index is 12.5. The Bertz CT molecular complexity index is 821. The van der Waals surface area contributed by atoms with E-state index in [4.69, 9.17) is 0 Å². The molecule has 8 heteroatoms. The third-order valence-electron chi connectivity index (χ3n) is 4.58. The number of aromatic nitrogens is 6. The molecule has 0 saturated heterocycles. The van der Waals surface area contributed by atoms with E-state index in [0.29, 0.717) is 17.6 Å². The zero-order valence-corrected chi connectivity index (χ0v) is 13.7. The topological polar surface area (TPSA) is 90.5 Å². The maximum Gasteiger partial charge on any atom is 0.270 e. The van der Waals surface area contributed by atoms with Crippen molar-refractivity contribution in [2.24, 2.45) is 0 Å². The van der Waals surface area contributed by atoms with Crippen LogP contribution in [-0.2, 0) is 0 Å². The van der Waals surface area contributed by atoms with Crippen LogP contribution >= 0.6 is 0 Å². The number of pyridine rings is 1. The zero-order valence-electron chi connectivity index (χ0n) is 13.7. The Kier molecular flexibility index (Phi) is 4.24. The molecule has 4 rings (SSSR count). The van der Waals surface area contributed by atoms with Crippen LogP contribution in [0.2, 0.25) is 0 Å². The molecule has 128 valence electrons. The van der Waals surface area contributed by atoms with E-state index in [9.17, 15) is 4.79 Å². The highest BCUT2D eigenvalue weighted by atomic mass is 16.1. The molecule has 0 atom stereocenters. The van der Waals surface area contributed by atoms with Gasteiger partial charge >= 0.3 is 0 Å². The number of carbonyl (C=O) groups is 1. The third kappa shape index (κ3) is 3.42. The van der Waals surface area contributed by atoms with Crippen molar-refractivity contribution in [1.82, 2.24) is 34.8 Å². The highest BCUT2D eigenvalue weighted by molar-refractivity contribution is 5.92. The van der Waals surface area contributed by atoms with Gasteiger partial charge in [0.25, 0.3) is 5.91 Å². The smallest absolute Gasteiger partial charge is 0.270 e. The number of amides is 1. The van der Waals surface area contributed by atoms with Crippen LogP contribution in [0.4, 0.5) is 0 Å². The quantitative estimate of drug-likeness (QED) is 0.783. The summed E-state index contributed by atoms with van der Waals surface area (Å²) in [6, 6.07) is 7.90. The van der Waals surface area contributed by atoms with E-state index < -0.39 is 0 Å². The first-order chi connectivity index (χ1) is 12.3. The monoisotopic (exact) mass is 337 g/mol.